The summed E-state index contributed by atoms with van der Waals surface area (Å²) in [7, 11) is 0. The van der Waals surface area contributed by atoms with Gasteiger partial charge in [0.25, 0.3) is 0 Å². The van der Waals surface area contributed by atoms with Gasteiger partial charge in [-0.1, -0.05) is 19.1 Å². The summed E-state index contributed by atoms with van der Waals surface area (Å²) in [6.07, 6.45) is 5.55. The average molecular weight is 310 g/mol. The first-order valence-corrected chi connectivity index (χ1v) is 6.64. The molecule has 0 aliphatic rings. The molecule has 0 amide bonds. The smallest absolute Gasteiger partial charge is 0.0965 e. The fraction of sp³-hybridized carbons (Fsp3) is 0.417. The first-order chi connectivity index (χ1) is 8.63. The molecular formula is C12H16BrN5. The first-order valence-electron chi connectivity index (χ1n) is 5.85. The third kappa shape index (κ3) is 3.89. The molecule has 6 heteroatoms. The predicted molar refractivity (Wildman–Crippen MR) is 73.0 cm³/mol. The quantitative estimate of drug-likeness (QED) is 0.917. The minimum absolute atomic E-state index is 0.449. The van der Waals surface area contributed by atoms with E-state index in [2.05, 4.69) is 50.4 Å². The Morgan fingerprint density at radius 2 is 2.22 bits per heavy atom. The highest BCUT2D eigenvalue weighted by Gasteiger charge is 2.03. The molecular weight excluding hydrogens is 294 g/mol. The van der Waals surface area contributed by atoms with Crippen molar-refractivity contribution < 1.29 is 0 Å². The van der Waals surface area contributed by atoms with E-state index in [1.807, 2.05) is 23.1 Å². The summed E-state index contributed by atoms with van der Waals surface area (Å²) in [5.74, 6) is 0. The van der Waals surface area contributed by atoms with Crippen molar-refractivity contribution in [2.45, 2.75) is 33.0 Å². The lowest BCUT2D eigenvalue weighted by Gasteiger charge is -2.04. The topological polar surface area (TPSA) is 55.6 Å². The second-order valence-corrected chi connectivity index (χ2v) is 5.37. The van der Waals surface area contributed by atoms with Crippen LogP contribution in [0.5, 0.6) is 0 Å². The van der Waals surface area contributed by atoms with Crippen molar-refractivity contribution in [3.8, 4) is 0 Å². The lowest BCUT2D eigenvalue weighted by Crippen LogP contribution is -2.21. The second-order valence-electron chi connectivity index (χ2n) is 4.45. The van der Waals surface area contributed by atoms with E-state index in [9.17, 15) is 0 Å². The normalized spacial score (nSPS) is 11.1. The van der Waals surface area contributed by atoms with Crippen molar-refractivity contribution in [1.82, 2.24) is 25.3 Å². The zero-order valence-electron chi connectivity index (χ0n) is 10.5. The van der Waals surface area contributed by atoms with E-state index in [0.29, 0.717) is 12.6 Å². The number of aromatic nitrogens is 4. The highest BCUT2D eigenvalue weighted by atomic mass is 79.9. The molecule has 2 aromatic rings. The molecule has 0 radical (unpaired) electrons. The van der Waals surface area contributed by atoms with Gasteiger partial charge in [-0.05, 0) is 27.6 Å². The van der Waals surface area contributed by atoms with Crippen LogP contribution in [0.4, 0.5) is 0 Å². The summed E-state index contributed by atoms with van der Waals surface area (Å²) < 4.78 is 2.79. The Morgan fingerprint density at radius 1 is 1.39 bits per heavy atom. The van der Waals surface area contributed by atoms with Gasteiger partial charge in [0.1, 0.15) is 0 Å². The molecule has 0 aliphatic carbocycles. The molecule has 2 aromatic heterocycles. The zero-order valence-corrected chi connectivity index (χ0v) is 12.1. The summed E-state index contributed by atoms with van der Waals surface area (Å²) >= 11 is 3.40. The van der Waals surface area contributed by atoms with Gasteiger partial charge in [-0.2, -0.15) is 0 Å². The van der Waals surface area contributed by atoms with Crippen molar-refractivity contribution in [2.24, 2.45) is 0 Å². The zero-order chi connectivity index (χ0) is 13.0. The molecule has 0 spiro atoms. The molecule has 0 saturated carbocycles. The van der Waals surface area contributed by atoms with Crippen molar-refractivity contribution in [3.63, 3.8) is 0 Å². The van der Waals surface area contributed by atoms with Crippen LogP contribution in [0.2, 0.25) is 0 Å². The predicted octanol–water partition coefficient (Wildman–Crippen LogP) is 1.98. The molecule has 0 aromatic carbocycles. The van der Waals surface area contributed by atoms with E-state index in [1.165, 1.54) is 0 Å². The molecule has 1 N–H and O–H groups in total. The summed E-state index contributed by atoms with van der Waals surface area (Å²) in [5, 5.41) is 11.5. The number of halogens is 1. The highest BCUT2D eigenvalue weighted by Crippen LogP contribution is 2.10. The van der Waals surface area contributed by atoms with Crippen LogP contribution >= 0.6 is 15.9 Å². The molecule has 5 nitrogen and oxygen atoms in total. The van der Waals surface area contributed by atoms with Gasteiger partial charge >= 0.3 is 0 Å². The maximum Gasteiger partial charge on any atom is 0.0965 e. The van der Waals surface area contributed by atoms with E-state index in [0.717, 1.165) is 22.3 Å². The van der Waals surface area contributed by atoms with Gasteiger partial charge in [0.2, 0.25) is 0 Å². The third-order valence-corrected chi connectivity index (χ3v) is 2.82. The van der Waals surface area contributed by atoms with Gasteiger partial charge in [-0.3, -0.25) is 4.98 Å². The van der Waals surface area contributed by atoms with Crippen molar-refractivity contribution in [2.75, 3.05) is 0 Å². The van der Waals surface area contributed by atoms with E-state index in [-0.39, 0.29) is 0 Å². The van der Waals surface area contributed by atoms with Gasteiger partial charge in [0.05, 0.1) is 18.4 Å². The van der Waals surface area contributed by atoms with Crippen LogP contribution in [0, 0.1) is 0 Å². The number of hydrogen-bond acceptors (Lipinski definition) is 4. The van der Waals surface area contributed by atoms with E-state index in [4.69, 9.17) is 0 Å². The van der Waals surface area contributed by atoms with Gasteiger partial charge in [0.15, 0.2) is 0 Å². The Kier molecular flexibility index (Phi) is 4.43. The number of rotatable bonds is 5. The van der Waals surface area contributed by atoms with Gasteiger partial charge in [-0.15, -0.1) is 5.10 Å². The number of pyridine rings is 1. The molecule has 2 rings (SSSR count). The fourth-order valence-corrected chi connectivity index (χ4v) is 1.95. The van der Waals surface area contributed by atoms with Crippen LogP contribution < -0.4 is 5.32 Å². The largest absolute Gasteiger partial charge is 0.309 e. The summed E-state index contributed by atoms with van der Waals surface area (Å²) in [6, 6.07) is 2.48. The maximum atomic E-state index is 4.13. The Labute approximate surface area is 115 Å². The van der Waals surface area contributed by atoms with E-state index in [1.54, 1.807) is 6.20 Å². The van der Waals surface area contributed by atoms with Crippen LogP contribution in [0.3, 0.4) is 0 Å². The van der Waals surface area contributed by atoms with Crippen molar-refractivity contribution in [1.29, 1.82) is 0 Å². The number of nitrogens with one attached hydrogen (secondary N) is 1. The lowest BCUT2D eigenvalue weighted by atomic mass is 10.3. The molecule has 96 valence electrons. The molecule has 0 unspecified atom stereocenters. The highest BCUT2D eigenvalue weighted by molar-refractivity contribution is 9.10. The molecule has 0 aliphatic heterocycles. The van der Waals surface area contributed by atoms with Crippen molar-refractivity contribution >= 4 is 15.9 Å². The molecule has 0 atom stereocenters. The van der Waals surface area contributed by atoms with Crippen LogP contribution in [-0.4, -0.2) is 26.0 Å². The Balaban J connectivity index is 1.98. The summed E-state index contributed by atoms with van der Waals surface area (Å²) in [5.41, 5.74) is 2.05. The van der Waals surface area contributed by atoms with E-state index < -0.39 is 0 Å². The molecule has 2 heterocycles. The Bertz CT molecular complexity index is 509. The third-order valence-electron chi connectivity index (χ3n) is 2.38. The molecule has 0 fully saturated rings. The maximum absolute atomic E-state index is 4.13. The fourth-order valence-electron chi connectivity index (χ4n) is 1.53. The van der Waals surface area contributed by atoms with E-state index >= 15 is 0 Å². The second kappa shape index (κ2) is 6.06. The first kappa shape index (κ1) is 13.2. The van der Waals surface area contributed by atoms with Crippen LogP contribution in [0.25, 0.3) is 0 Å². The van der Waals surface area contributed by atoms with Crippen LogP contribution in [0.15, 0.2) is 29.1 Å². The Hall–Kier alpha value is -1.27. The molecule has 0 bridgehead atoms. The van der Waals surface area contributed by atoms with Gasteiger partial charge in [0, 0.05) is 29.5 Å². The Morgan fingerprint density at radius 3 is 2.94 bits per heavy atom. The van der Waals surface area contributed by atoms with Crippen molar-refractivity contribution in [3.05, 3.63) is 40.4 Å². The summed E-state index contributed by atoms with van der Waals surface area (Å²) in [4.78, 5) is 4.13. The minimum atomic E-state index is 0.449. The minimum Gasteiger partial charge on any atom is -0.309 e. The monoisotopic (exact) mass is 309 g/mol. The SMILES string of the molecule is CC(C)NCc1cn(Cc2cncc(Br)c2)nn1. The number of nitrogens with zero attached hydrogens (tertiary/aromatic N) is 4. The average Bonchev–Trinajstić information content (AvgIpc) is 2.74. The van der Waals surface area contributed by atoms with Gasteiger partial charge in [-0.25, -0.2) is 4.68 Å². The molecule has 0 saturated heterocycles. The number of hydrogen-bond donors (Lipinski definition) is 1. The van der Waals surface area contributed by atoms with Crippen LogP contribution in [-0.2, 0) is 13.1 Å². The molecule has 18 heavy (non-hydrogen) atoms. The van der Waals surface area contributed by atoms with Crippen LogP contribution in [0.1, 0.15) is 25.1 Å². The standard InChI is InChI=1S/C12H16BrN5/c1-9(2)15-6-12-8-18(17-16-12)7-10-3-11(13)5-14-4-10/h3-5,8-9,15H,6-7H2,1-2H3. The summed E-state index contributed by atoms with van der Waals surface area (Å²) in [6.45, 7) is 5.64. The lowest BCUT2D eigenvalue weighted by molar-refractivity contribution is 0.580. The van der Waals surface area contributed by atoms with Gasteiger partial charge < -0.3 is 5.32 Å².